The van der Waals surface area contributed by atoms with E-state index >= 15 is 0 Å². The lowest BCUT2D eigenvalue weighted by Crippen LogP contribution is -2.47. The van der Waals surface area contributed by atoms with Crippen LogP contribution in [0, 0.1) is 11.8 Å². The molecule has 1 aliphatic heterocycles. The lowest BCUT2D eigenvalue weighted by Gasteiger charge is -2.34. The van der Waals surface area contributed by atoms with Crippen molar-refractivity contribution >= 4 is 41.3 Å². The van der Waals surface area contributed by atoms with E-state index in [9.17, 15) is 0 Å². The summed E-state index contributed by atoms with van der Waals surface area (Å²) < 4.78 is 0. The third-order valence-corrected chi connectivity index (χ3v) is 6.13. The Bertz CT molecular complexity index is 528. The van der Waals surface area contributed by atoms with Gasteiger partial charge in [-0.05, 0) is 42.7 Å². The van der Waals surface area contributed by atoms with Gasteiger partial charge in [-0.15, -0.1) is 35.3 Å². The lowest BCUT2D eigenvalue weighted by molar-refractivity contribution is 0.159. The topological polar surface area (TPSA) is 39.7 Å². The number of piperidine rings is 1. The highest BCUT2D eigenvalue weighted by atomic mass is 127. The lowest BCUT2D eigenvalue weighted by atomic mass is 9.91. The zero-order valence-corrected chi connectivity index (χ0v) is 20.2. The molecule has 2 N–H and O–H groups in total. The van der Waals surface area contributed by atoms with Gasteiger partial charge >= 0.3 is 0 Å². The van der Waals surface area contributed by atoms with Crippen LogP contribution in [0.4, 0.5) is 0 Å². The number of nitrogens with zero attached hydrogens (tertiary/aromatic N) is 2. The van der Waals surface area contributed by atoms with Crippen molar-refractivity contribution in [3.63, 3.8) is 0 Å². The van der Waals surface area contributed by atoms with E-state index in [2.05, 4.69) is 65.7 Å². The molecular weight excluding hydrogens is 455 g/mol. The maximum absolute atomic E-state index is 4.41. The SMILES string of the molecule is CN=C(NCC1CCCN(CC(C)C)C1)NCC(C)(C)c1cccs1.I. The van der Waals surface area contributed by atoms with Crippen molar-refractivity contribution in [2.45, 2.75) is 46.0 Å². The van der Waals surface area contributed by atoms with Gasteiger partial charge in [-0.25, -0.2) is 0 Å². The summed E-state index contributed by atoms with van der Waals surface area (Å²) in [5.41, 5.74) is 0.116. The predicted molar refractivity (Wildman–Crippen MR) is 126 cm³/mol. The number of hydrogen-bond donors (Lipinski definition) is 2. The number of rotatable bonds is 7. The summed E-state index contributed by atoms with van der Waals surface area (Å²) in [4.78, 5) is 8.44. The molecule has 26 heavy (non-hydrogen) atoms. The molecule has 0 bridgehead atoms. The van der Waals surface area contributed by atoms with Crippen molar-refractivity contribution in [3.05, 3.63) is 22.4 Å². The highest BCUT2D eigenvalue weighted by molar-refractivity contribution is 14.0. The van der Waals surface area contributed by atoms with Gasteiger partial charge in [0.05, 0.1) is 0 Å². The van der Waals surface area contributed by atoms with Gasteiger partial charge in [-0.3, -0.25) is 4.99 Å². The summed E-state index contributed by atoms with van der Waals surface area (Å²) in [7, 11) is 1.86. The van der Waals surface area contributed by atoms with Crippen molar-refractivity contribution in [3.8, 4) is 0 Å². The van der Waals surface area contributed by atoms with Crippen molar-refractivity contribution in [2.75, 3.05) is 39.8 Å². The first-order chi connectivity index (χ1) is 11.9. The zero-order valence-electron chi connectivity index (χ0n) is 17.0. The largest absolute Gasteiger partial charge is 0.356 e. The molecule has 0 aliphatic carbocycles. The Kier molecular flexibility index (Phi) is 10.5. The van der Waals surface area contributed by atoms with Gasteiger partial charge in [0.1, 0.15) is 0 Å². The van der Waals surface area contributed by atoms with Crippen LogP contribution in [0.2, 0.25) is 0 Å². The molecule has 1 atom stereocenters. The van der Waals surface area contributed by atoms with Crippen LogP contribution in [-0.2, 0) is 5.41 Å². The van der Waals surface area contributed by atoms with E-state index in [0.717, 1.165) is 30.9 Å². The first-order valence-corrected chi connectivity index (χ1v) is 10.5. The van der Waals surface area contributed by atoms with Crippen LogP contribution in [0.1, 0.15) is 45.4 Å². The second-order valence-electron chi connectivity index (χ2n) is 8.33. The number of nitrogens with one attached hydrogen (secondary N) is 2. The van der Waals surface area contributed by atoms with Crippen LogP contribution >= 0.6 is 35.3 Å². The Labute approximate surface area is 181 Å². The molecule has 2 heterocycles. The molecule has 1 fully saturated rings. The quantitative estimate of drug-likeness (QED) is 0.341. The molecular formula is C20H37IN4S. The molecule has 1 unspecified atom stereocenters. The third kappa shape index (κ3) is 7.72. The fourth-order valence-corrected chi connectivity index (χ4v) is 4.37. The highest BCUT2D eigenvalue weighted by Crippen LogP contribution is 2.26. The Morgan fingerprint density at radius 3 is 2.77 bits per heavy atom. The van der Waals surface area contributed by atoms with E-state index in [1.807, 2.05) is 18.4 Å². The van der Waals surface area contributed by atoms with E-state index in [1.165, 1.54) is 37.4 Å². The molecule has 150 valence electrons. The van der Waals surface area contributed by atoms with Crippen molar-refractivity contribution in [1.29, 1.82) is 0 Å². The minimum atomic E-state index is 0. The van der Waals surface area contributed by atoms with Crippen LogP contribution in [-0.4, -0.2) is 50.6 Å². The maximum atomic E-state index is 4.41. The van der Waals surface area contributed by atoms with Gasteiger partial charge in [0, 0.05) is 43.5 Å². The number of thiophene rings is 1. The van der Waals surface area contributed by atoms with Crippen molar-refractivity contribution in [1.82, 2.24) is 15.5 Å². The van der Waals surface area contributed by atoms with E-state index in [1.54, 1.807) is 0 Å². The van der Waals surface area contributed by atoms with Gasteiger partial charge in [0.2, 0.25) is 0 Å². The van der Waals surface area contributed by atoms with Crippen LogP contribution in [0.5, 0.6) is 0 Å². The van der Waals surface area contributed by atoms with Gasteiger partial charge in [0.25, 0.3) is 0 Å². The summed E-state index contributed by atoms with van der Waals surface area (Å²) in [5.74, 6) is 2.39. The molecule has 0 amide bonds. The van der Waals surface area contributed by atoms with Gasteiger partial charge in [-0.2, -0.15) is 0 Å². The molecule has 0 spiro atoms. The molecule has 6 heteroatoms. The molecule has 1 aliphatic rings. The van der Waals surface area contributed by atoms with Gasteiger partial charge in [0.15, 0.2) is 5.96 Å². The molecule has 0 saturated carbocycles. The molecule has 0 radical (unpaired) electrons. The van der Waals surface area contributed by atoms with Crippen LogP contribution in [0.3, 0.4) is 0 Å². The first kappa shape index (κ1) is 23.7. The van der Waals surface area contributed by atoms with E-state index < -0.39 is 0 Å². The molecule has 4 nitrogen and oxygen atoms in total. The fourth-order valence-electron chi connectivity index (χ4n) is 3.52. The number of aliphatic imine (C=N–C) groups is 1. The summed E-state index contributed by atoms with van der Waals surface area (Å²) in [5, 5.41) is 9.21. The second-order valence-corrected chi connectivity index (χ2v) is 9.28. The van der Waals surface area contributed by atoms with E-state index in [0.29, 0.717) is 0 Å². The van der Waals surface area contributed by atoms with E-state index in [-0.39, 0.29) is 29.4 Å². The normalized spacial score (nSPS) is 19.3. The van der Waals surface area contributed by atoms with Crippen molar-refractivity contribution in [2.24, 2.45) is 16.8 Å². The summed E-state index contributed by atoms with van der Waals surface area (Å²) >= 11 is 1.82. The van der Waals surface area contributed by atoms with Gasteiger partial charge < -0.3 is 15.5 Å². The van der Waals surface area contributed by atoms with Gasteiger partial charge in [-0.1, -0.05) is 33.8 Å². The summed E-state index contributed by atoms with van der Waals surface area (Å²) in [6, 6.07) is 4.34. The molecule has 1 saturated heterocycles. The third-order valence-electron chi connectivity index (χ3n) is 4.89. The Morgan fingerprint density at radius 1 is 1.38 bits per heavy atom. The Morgan fingerprint density at radius 2 is 2.15 bits per heavy atom. The Balaban J connectivity index is 0.00000338. The Hall–Kier alpha value is -0.340. The average molecular weight is 493 g/mol. The number of likely N-dealkylation sites (tertiary alicyclic amines) is 1. The average Bonchev–Trinajstić information content (AvgIpc) is 3.10. The summed E-state index contributed by atoms with van der Waals surface area (Å²) in [6.07, 6.45) is 2.63. The second kappa shape index (κ2) is 11.5. The smallest absolute Gasteiger partial charge is 0.191 e. The standard InChI is InChI=1S/C20H36N4S.HI/c1-16(2)13-24-10-6-8-17(14-24)12-22-19(21-5)23-15-20(3,4)18-9-7-11-25-18;/h7,9,11,16-17H,6,8,10,12-15H2,1-5H3,(H2,21,22,23);1H. The first-order valence-electron chi connectivity index (χ1n) is 9.61. The molecule has 1 aromatic rings. The number of hydrogen-bond acceptors (Lipinski definition) is 3. The maximum Gasteiger partial charge on any atom is 0.191 e. The fraction of sp³-hybridized carbons (Fsp3) is 0.750. The van der Waals surface area contributed by atoms with Crippen molar-refractivity contribution < 1.29 is 0 Å². The minimum Gasteiger partial charge on any atom is -0.356 e. The van der Waals surface area contributed by atoms with Crippen LogP contribution < -0.4 is 10.6 Å². The van der Waals surface area contributed by atoms with Crippen LogP contribution in [0.25, 0.3) is 0 Å². The molecule has 0 aromatic carbocycles. The number of halogens is 1. The molecule has 2 rings (SSSR count). The zero-order chi connectivity index (χ0) is 18.3. The monoisotopic (exact) mass is 492 g/mol. The van der Waals surface area contributed by atoms with E-state index in [4.69, 9.17) is 0 Å². The highest BCUT2D eigenvalue weighted by Gasteiger charge is 2.23. The minimum absolute atomic E-state index is 0. The molecule has 1 aromatic heterocycles. The number of guanidine groups is 1. The predicted octanol–water partition coefficient (Wildman–Crippen LogP) is 4.18. The van der Waals surface area contributed by atoms with Crippen LogP contribution in [0.15, 0.2) is 22.5 Å². The summed E-state index contributed by atoms with van der Waals surface area (Å²) in [6.45, 7) is 14.8.